The summed E-state index contributed by atoms with van der Waals surface area (Å²) in [5.74, 6) is 2.21. The number of hydrogen-bond acceptors (Lipinski definition) is 3. The first-order chi connectivity index (χ1) is 7.70. The summed E-state index contributed by atoms with van der Waals surface area (Å²) >= 11 is 0. The van der Waals surface area contributed by atoms with Crippen molar-refractivity contribution in [2.24, 2.45) is 11.8 Å². The van der Waals surface area contributed by atoms with Crippen molar-refractivity contribution >= 4 is 5.82 Å². The summed E-state index contributed by atoms with van der Waals surface area (Å²) in [4.78, 5) is 6.59. The van der Waals surface area contributed by atoms with Crippen LogP contribution in [0.2, 0.25) is 0 Å². The maximum absolute atomic E-state index is 9.06. The number of nitrogens with zero attached hydrogens (tertiary/aromatic N) is 3. The lowest BCUT2D eigenvalue weighted by molar-refractivity contribution is 0.355. The Morgan fingerprint density at radius 2 is 2.06 bits per heavy atom. The van der Waals surface area contributed by atoms with Crippen molar-refractivity contribution in [2.45, 2.75) is 20.3 Å². The summed E-state index contributed by atoms with van der Waals surface area (Å²) in [6.45, 7) is 6.54. The van der Waals surface area contributed by atoms with Crippen molar-refractivity contribution in [3.63, 3.8) is 0 Å². The third kappa shape index (κ3) is 2.16. The standard InChI is InChI=1S/C13H17N3/c1-10-6-11(2)9-16(8-10)13-12(7-14)4-3-5-15-13/h3-5,10-11H,6,8-9H2,1-2H3. The first-order valence-electron chi connectivity index (χ1n) is 5.80. The van der Waals surface area contributed by atoms with Gasteiger partial charge in [0.15, 0.2) is 0 Å². The van der Waals surface area contributed by atoms with Gasteiger partial charge in [0.1, 0.15) is 11.9 Å². The van der Waals surface area contributed by atoms with Crippen molar-refractivity contribution in [1.29, 1.82) is 5.26 Å². The van der Waals surface area contributed by atoms with Crippen LogP contribution in [0.1, 0.15) is 25.8 Å². The van der Waals surface area contributed by atoms with E-state index in [4.69, 9.17) is 5.26 Å². The van der Waals surface area contributed by atoms with Crippen molar-refractivity contribution in [1.82, 2.24) is 4.98 Å². The van der Waals surface area contributed by atoms with Crippen LogP contribution < -0.4 is 4.90 Å². The average Bonchev–Trinajstić information content (AvgIpc) is 2.27. The molecule has 0 spiro atoms. The maximum Gasteiger partial charge on any atom is 0.146 e. The molecular weight excluding hydrogens is 198 g/mol. The van der Waals surface area contributed by atoms with Gasteiger partial charge in [-0.1, -0.05) is 13.8 Å². The quantitative estimate of drug-likeness (QED) is 0.722. The van der Waals surface area contributed by atoms with E-state index in [9.17, 15) is 0 Å². The summed E-state index contributed by atoms with van der Waals surface area (Å²) in [6, 6.07) is 5.88. The Bertz CT molecular complexity index is 398. The predicted octanol–water partition coefficient (Wildman–Crippen LogP) is 2.44. The number of nitriles is 1. The van der Waals surface area contributed by atoms with E-state index in [-0.39, 0.29) is 0 Å². The smallest absolute Gasteiger partial charge is 0.146 e. The van der Waals surface area contributed by atoms with Crippen molar-refractivity contribution in [3.05, 3.63) is 23.9 Å². The Morgan fingerprint density at radius 1 is 1.38 bits per heavy atom. The van der Waals surface area contributed by atoms with Gasteiger partial charge in [0.05, 0.1) is 5.56 Å². The lowest BCUT2D eigenvalue weighted by Gasteiger charge is -2.36. The average molecular weight is 215 g/mol. The summed E-state index contributed by atoms with van der Waals surface area (Å²) in [5.41, 5.74) is 0.684. The molecule has 1 aromatic rings. The second-order valence-electron chi connectivity index (χ2n) is 4.84. The molecule has 3 nitrogen and oxygen atoms in total. The van der Waals surface area contributed by atoms with Crippen LogP contribution in [0.5, 0.6) is 0 Å². The fourth-order valence-corrected chi connectivity index (χ4v) is 2.57. The zero-order valence-electron chi connectivity index (χ0n) is 9.85. The van der Waals surface area contributed by atoms with Crippen molar-refractivity contribution < 1.29 is 0 Å². The lowest BCUT2D eigenvalue weighted by atomic mass is 9.92. The number of rotatable bonds is 1. The van der Waals surface area contributed by atoms with E-state index in [1.165, 1.54) is 6.42 Å². The second kappa shape index (κ2) is 4.52. The number of pyridine rings is 1. The number of hydrogen-bond donors (Lipinski definition) is 0. The van der Waals surface area contributed by atoms with Crippen molar-refractivity contribution in [3.8, 4) is 6.07 Å². The molecule has 3 heteroatoms. The largest absolute Gasteiger partial charge is 0.355 e. The molecule has 1 aliphatic rings. The van der Waals surface area contributed by atoms with Crippen LogP contribution in [0.25, 0.3) is 0 Å². The first kappa shape index (κ1) is 10.9. The van der Waals surface area contributed by atoms with Gasteiger partial charge in [-0.05, 0) is 30.4 Å². The van der Waals surface area contributed by atoms with Crippen LogP contribution in [-0.4, -0.2) is 18.1 Å². The molecule has 0 aromatic carbocycles. The first-order valence-corrected chi connectivity index (χ1v) is 5.80. The molecule has 1 fully saturated rings. The molecule has 2 atom stereocenters. The van der Waals surface area contributed by atoms with Gasteiger partial charge in [-0.3, -0.25) is 0 Å². The van der Waals surface area contributed by atoms with Gasteiger partial charge in [-0.15, -0.1) is 0 Å². The van der Waals surface area contributed by atoms with Crippen LogP contribution >= 0.6 is 0 Å². The second-order valence-corrected chi connectivity index (χ2v) is 4.84. The molecule has 16 heavy (non-hydrogen) atoms. The zero-order valence-corrected chi connectivity index (χ0v) is 9.85. The number of piperidine rings is 1. The van der Waals surface area contributed by atoms with Gasteiger partial charge in [-0.2, -0.15) is 5.26 Å². The summed E-state index contributed by atoms with van der Waals surface area (Å²) in [6.07, 6.45) is 3.03. The fraction of sp³-hybridized carbons (Fsp3) is 0.538. The van der Waals surface area contributed by atoms with Gasteiger partial charge >= 0.3 is 0 Å². The van der Waals surface area contributed by atoms with Crippen LogP contribution in [0.15, 0.2) is 18.3 Å². The molecule has 0 aliphatic carbocycles. The SMILES string of the molecule is CC1CC(C)CN(c2ncccc2C#N)C1. The van der Waals surface area contributed by atoms with Crippen LogP contribution in [0.4, 0.5) is 5.82 Å². The Labute approximate surface area is 96.7 Å². The van der Waals surface area contributed by atoms with Crippen LogP contribution in [-0.2, 0) is 0 Å². The maximum atomic E-state index is 9.06. The Morgan fingerprint density at radius 3 is 2.69 bits per heavy atom. The van der Waals surface area contributed by atoms with E-state index < -0.39 is 0 Å². The molecule has 2 heterocycles. The fourth-order valence-electron chi connectivity index (χ4n) is 2.57. The van der Waals surface area contributed by atoms with Gasteiger partial charge < -0.3 is 4.90 Å². The van der Waals surface area contributed by atoms with Gasteiger partial charge in [0, 0.05) is 19.3 Å². The summed E-state index contributed by atoms with van der Waals surface area (Å²) in [5, 5.41) is 9.06. The highest BCUT2D eigenvalue weighted by Crippen LogP contribution is 2.26. The molecule has 0 amide bonds. The van der Waals surface area contributed by atoms with Gasteiger partial charge in [-0.25, -0.2) is 4.98 Å². The molecular formula is C13H17N3. The Hall–Kier alpha value is -1.56. The molecule has 2 unspecified atom stereocenters. The highest BCUT2D eigenvalue weighted by Gasteiger charge is 2.24. The third-order valence-corrected chi connectivity index (χ3v) is 3.08. The number of anilines is 1. The van der Waals surface area contributed by atoms with E-state index in [1.807, 2.05) is 12.1 Å². The van der Waals surface area contributed by atoms with Gasteiger partial charge in [0.2, 0.25) is 0 Å². The van der Waals surface area contributed by atoms with E-state index in [0.29, 0.717) is 17.4 Å². The normalized spacial score (nSPS) is 25.2. The van der Waals surface area contributed by atoms with Gasteiger partial charge in [0.25, 0.3) is 0 Å². The Balaban J connectivity index is 2.26. The summed E-state index contributed by atoms with van der Waals surface area (Å²) in [7, 11) is 0. The van der Waals surface area contributed by atoms with E-state index in [1.54, 1.807) is 6.20 Å². The minimum Gasteiger partial charge on any atom is -0.355 e. The highest BCUT2D eigenvalue weighted by molar-refractivity contribution is 5.53. The molecule has 1 saturated heterocycles. The minimum absolute atomic E-state index is 0.678. The van der Waals surface area contributed by atoms with Crippen LogP contribution in [0, 0.1) is 23.2 Å². The lowest BCUT2D eigenvalue weighted by Crippen LogP contribution is -2.39. The van der Waals surface area contributed by atoms with E-state index >= 15 is 0 Å². The molecule has 1 aromatic heterocycles. The molecule has 0 saturated carbocycles. The molecule has 2 rings (SSSR count). The zero-order chi connectivity index (χ0) is 11.5. The predicted molar refractivity (Wildman–Crippen MR) is 64.1 cm³/mol. The molecule has 1 aliphatic heterocycles. The molecule has 0 radical (unpaired) electrons. The van der Waals surface area contributed by atoms with E-state index in [2.05, 4.69) is 29.8 Å². The topological polar surface area (TPSA) is 39.9 Å². The third-order valence-electron chi connectivity index (χ3n) is 3.08. The number of aromatic nitrogens is 1. The van der Waals surface area contributed by atoms with Crippen LogP contribution in [0.3, 0.4) is 0 Å². The van der Waals surface area contributed by atoms with Crippen molar-refractivity contribution in [2.75, 3.05) is 18.0 Å². The molecule has 0 N–H and O–H groups in total. The monoisotopic (exact) mass is 215 g/mol. The molecule has 0 bridgehead atoms. The summed E-state index contributed by atoms with van der Waals surface area (Å²) < 4.78 is 0. The molecule has 84 valence electrons. The Kier molecular flexibility index (Phi) is 3.09. The van der Waals surface area contributed by atoms with E-state index in [0.717, 1.165) is 18.9 Å². The highest BCUT2D eigenvalue weighted by atomic mass is 15.2. The minimum atomic E-state index is 0.678.